The first-order valence-electron chi connectivity index (χ1n) is 6.76. The number of hydrogen-bond acceptors (Lipinski definition) is 2. The largest absolute Gasteiger partial charge is 0.337 e. The predicted molar refractivity (Wildman–Crippen MR) is 82.0 cm³/mol. The minimum absolute atomic E-state index is 0.122. The Morgan fingerprint density at radius 1 is 1.45 bits per heavy atom. The van der Waals surface area contributed by atoms with E-state index in [4.69, 9.17) is 0 Å². The van der Waals surface area contributed by atoms with Crippen molar-refractivity contribution in [2.75, 3.05) is 6.54 Å². The van der Waals surface area contributed by atoms with Crippen molar-refractivity contribution in [2.45, 2.75) is 25.8 Å². The van der Waals surface area contributed by atoms with Crippen LogP contribution < -0.4 is 5.32 Å². The summed E-state index contributed by atoms with van der Waals surface area (Å²) in [6.07, 6.45) is 5.57. The molecule has 1 unspecified atom stereocenters. The molecule has 20 heavy (non-hydrogen) atoms. The van der Waals surface area contributed by atoms with Gasteiger partial charge in [-0.1, -0.05) is 28.9 Å². The van der Waals surface area contributed by atoms with E-state index in [-0.39, 0.29) is 11.9 Å². The first-order valence-corrected chi connectivity index (χ1v) is 7.55. The van der Waals surface area contributed by atoms with Crippen LogP contribution in [0, 0.1) is 5.82 Å². The lowest BCUT2D eigenvalue weighted by atomic mass is 10.0. The predicted octanol–water partition coefficient (Wildman–Crippen LogP) is 3.61. The summed E-state index contributed by atoms with van der Waals surface area (Å²) >= 11 is 3.43. The molecule has 108 valence electrons. The second kappa shape index (κ2) is 6.99. The Hall–Kier alpha value is -1.20. The summed E-state index contributed by atoms with van der Waals surface area (Å²) in [6, 6.07) is 4.94. The first kappa shape index (κ1) is 15.2. The van der Waals surface area contributed by atoms with Gasteiger partial charge in [0.1, 0.15) is 11.6 Å². The molecule has 0 aliphatic rings. The summed E-state index contributed by atoms with van der Waals surface area (Å²) in [5, 5.41) is 3.51. The Morgan fingerprint density at radius 2 is 2.25 bits per heavy atom. The molecule has 1 atom stereocenters. The van der Waals surface area contributed by atoms with Crippen LogP contribution >= 0.6 is 15.9 Å². The van der Waals surface area contributed by atoms with Gasteiger partial charge in [-0.25, -0.2) is 9.37 Å². The highest BCUT2D eigenvalue weighted by molar-refractivity contribution is 9.10. The van der Waals surface area contributed by atoms with Crippen molar-refractivity contribution in [1.82, 2.24) is 14.9 Å². The van der Waals surface area contributed by atoms with Crippen molar-refractivity contribution in [1.29, 1.82) is 0 Å². The molecule has 1 N–H and O–H groups in total. The summed E-state index contributed by atoms with van der Waals surface area (Å²) in [4.78, 5) is 4.42. The Morgan fingerprint density at radius 3 is 2.85 bits per heavy atom. The van der Waals surface area contributed by atoms with E-state index in [1.54, 1.807) is 6.20 Å². The molecule has 1 aromatic heterocycles. The number of nitrogens with zero attached hydrogens (tertiary/aromatic N) is 2. The second-order valence-corrected chi connectivity index (χ2v) is 5.70. The summed E-state index contributed by atoms with van der Waals surface area (Å²) in [5.74, 6) is 0.769. The van der Waals surface area contributed by atoms with Crippen LogP contribution in [0.4, 0.5) is 4.39 Å². The lowest BCUT2D eigenvalue weighted by Gasteiger charge is -2.19. The molecule has 3 nitrogen and oxygen atoms in total. The highest BCUT2D eigenvalue weighted by Gasteiger charge is 2.17. The maximum Gasteiger partial charge on any atom is 0.125 e. The molecule has 5 heteroatoms. The standard InChI is InChI=1S/C15H19BrFN3/c1-3-6-18-14(15-19-7-8-20(15)2)9-11-4-5-12(17)10-13(11)16/h4-5,7-8,10,14,18H,3,6,9H2,1-2H3. The van der Waals surface area contributed by atoms with Gasteiger partial charge < -0.3 is 9.88 Å². The fourth-order valence-electron chi connectivity index (χ4n) is 2.19. The number of aryl methyl sites for hydroxylation is 1. The number of benzene rings is 1. The molecular weight excluding hydrogens is 321 g/mol. The van der Waals surface area contributed by atoms with Gasteiger partial charge in [-0.15, -0.1) is 0 Å². The number of aromatic nitrogens is 2. The number of rotatable bonds is 6. The average molecular weight is 340 g/mol. The minimum atomic E-state index is -0.226. The molecule has 0 saturated heterocycles. The van der Waals surface area contributed by atoms with Gasteiger partial charge in [-0.3, -0.25) is 0 Å². The van der Waals surface area contributed by atoms with E-state index in [1.807, 2.05) is 23.9 Å². The molecule has 2 rings (SSSR count). The topological polar surface area (TPSA) is 29.9 Å². The summed E-state index contributed by atoms with van der Waals surface area (Å²) in [5.41, 5.74) is 1.07. The zero-order valence-electron chi connectivity index (χ0n) is 11.7. The van der Waals surface area contributed by atoms with Gasteiger partial charge in [0.05, 0.1) is 6.04 Å². The van der Waals surface area contributed by atoms with Gasteiger partial charge in [-0.05, 0) is 37.1 Å². The molecule has 1 heterocycles. The second-order valence-electron chi connectivity index (χ2n) is 4.84. The monoisotopic (exact) mass is 339 g/mol. The summed E-state index contributed by atoms with van der Waals surface area (Å²) in [7, 11) is 1.99. The van der Waals surface area contributed by atoms with Crippen LogP contribution in [0.2, 0.25) is 0 Å². The van der Waals surface area contributed by atoms with E-state index in [2.05, 4.69) is 33.2 Å². The third kappa shape index (κ3) is 3.67. The van der Waals surface area contributed by atoms with Crippen LogP contribution in [0.1, 0.15) is 30.8 Å². The van der Waals surface area contributed by atoms with Crippen LogP contribution in [-0.4, -0.2) is 16.1 Å². The smallest absolute Gasteiger partial charge is 0.125 e. The van der Waals surface area contributed by atoms with E-state index in [1.165, 1.54) is 12.1 Å². The van der Waals surface area contributed by atoms with Gasteiger partial charge in [0.2, 0.25) is 0 Å². The molecule has 0 radical (unpaired) electrons. The van der Waals surface area contributed by atoms with Crippen LogP contribution in [0.25, 0.3) is 0 Å². The van der Waals surface area contributed by atoms with Crippen molar-refractivity contribution in [3.05, 3.63) is 52.3 Å². The van der Waals surface area contributed by atoms with Crippen LogP contribution in [0.15, 0.2) is 35.1 Å². The SMILES string of the molecule is CCCNC(Cc1ccc(F)cc1Br)c1nccn1C. The quantitative estimate of drug-likeness (QED) is 0.871. The van der Waals surface area contributed by atoms with Gasteiger partial charge in [0.15, 0.2) is 0 Å². The zero-order chi connectivity index (χ0) is 14.5. The Labute approximate surface area is 127 Å². The van der Waals surface area contributed by atoms with Crippen molar-refractivity contribution < 1.29 is 4.39 Å². The Kier molecular flexibility index (Phi) is 5.31. The van der Waals surface area contributed by atoms with E-state index in [0.717, 1.165) is 35.2 Å². The van der Waals surface area contributed by atoms with Crippen molar-refractivity contribution in [3.63, 3.8) is 0 Å². The Bertz CT molecular complexity index is 568. The molecule has 0 spiro atoms. The third-order valence-electron chi connectivity index (χ3n) is 3.25. The molecule has 0 saturated carbocycles. The summed E-state index contributed by atoms with van der Waals surface area (Å²) < 4.78 is 16.0. The summed E-state index contributed by atoms with van der Waals surface area (Å²) in [6.45, 7) is 3.06. The van der Waals surface area contributed by atoms with Gasteiger partial charge in [0, 0.05) is 23.9 Å². The fourth-order valence-corrected chi connectivity index (χ4v) is 2.71. The normalized spacial score (nSPS) is 12.6. The Balaban J connectivity index is 2.21. The molecule has 2 aromatic rings. The lowest BCUT2D eigenvalue weighted by Crippen LogP contribution is -2.26. The minimum Gasteiger partial charge on any atom is -0.337 e. The van der Waals surface area contributed by atoms with Gasteiger partial charge in [0.25, 0.3) is 0 Å². The third-order valence-corrected chi connectivity index (χ3v) is 3.99. The van der Waals surface area contributed by atoms with Crippen LogP contribution in [0.5, 0.6) is 0 Å². The number of halogens is 2. The molecule has 0 amide bonds. The van der Waals surface area contributed by atoms with E-state index >= 15 is 0 Å². The molecule has 0 aliphatic heterocycles. The van der Waals surface area contributed by atoms with E-state index in [0.29, 0.717) is 0 Å². The molecule has 1 aromatic carbocycles. The molecular formula is C15H19BrFN3. The first-order chi connectivity index (χ1) is 9.61. The van der Waals surface area contributed by atoms with Crippen LogP contribution in [-0.2, 0) is 13.5 Å². The van der Waals surface area contributed by atoms with Crippen molar-refractivity contribution in [3.8, 4) is 0 Å². The highest BCUT2D eigenvalue weighted by atomic mass is 79.9. The van der Waals surface area contributed by atoms with E-state index < -0.39 is 0 Å². The van der Waals surface area contributed by atoms with Crippen molar-refractivity contribution >= 4 is 15.9 Å². The maximum atomic E-state index is 13.2. The number of nitrogens with one attached hydrogen (secondary N) is 1. The fraction of sp³-hybridized carbons (Fsp3) is 0.400. The van der Waals surface area contributed by atoms with Gasteiger partial charge >= 0.3 is 0 Å². The number of imidazole rings is 1. The molecule has 0 bridgehead atoms. The molecule has 0 aliphatic carbocycles. The lowest BCUT2D eigenvalue weighted by molar-refractivity contribution is 0.490. The average Bonchev–Trinajstić information content (AvgIpc) is 2.83. The number of hydrogen-bond donors (Lipinski definition) is 1. The van der Waals surface area contributed by atoms with E-state index in [9.17, 15) is 4.39 Å². The maximum absolute atomic E-state index is 13.2. The molecule has 0 fully saturated rings. The van der Waals surface area contributed by atoms with Crippen LogP contribution in [0.3, 0.4) is 0 Å². The zero-order valence-corrected chi connectivity index (χ0v) is 13.3. The highest BCUT2D eigenvalue weighted by Crippen LogP contribution is 2.24. The van der Waals surface area contributed by atoms with Gasteiger partial charge in [-0.2, -0.15) is 0 Å². The van der Waals surface area contributed by atoms with Crippen molar-refractivity contribution in [2.24, 2.45) is 7.05 Å².